The Labute approximate surface area is 89.4 Å². The number of hydrogen-bond donors (Lipinski definition) is 0. The maximum atomic E-state index is 5.98. The van der Waals surface area contributed by atoms with E-state index in [2.05, 4.69) is 43.4 Å². The highest BCUT2D eigenvalue weighted by atomic mass is 127. The Hall–Kier alpha value is 0.690. The molecule has 0 aromatic rings. The molecule has 1 fully saturated rings. The third-order valence-corrected chi connectivity index (χ3v) is 3.55. The minimum Gasteiger partial charge on any atom is -0.372 e. The summed E-state index contributed by atoms with van der Waals surface area (Å²) in [5.41, 5.74) is 0.0332. The summed E-state index contributed by atoms with van der Waals surface area (Å²) in [5, 5.41) is 0. The molecule has 0 aromatic heterocycles. The van der Waals surface area contributed by atoms with Gasteiger partial charge in [0, 0.05) is 3.92 Å². The second kappa shape index (κ2) is 4.27. The van der Waals surface area contributed by atoms with Gasteiger partial charge in [0.25, 0.3) is 0 Å². The first-order valence-corrected chi connectivity index (χ1v) is 6.05. The van der Waals surface area contributed by atoms with Crippen LogP contribution < -0.4 is 0 Å². The van der Waals surface area contributed by atoms with Gasteiger partial charge in [-0.2, -0.15) is 0 Å². The van der Waals surface area contributed by atoms with Gasteiger partial charge in [-0.1, -0.05) is 35.4 Å². The standard InChI is InChI=1S/C10H19IO/c1-10(2,3)12-9-7-5-4-6-8(9)11/h8-9H,4-7H2,1-3H3/t8-,9-/m0/s1. The van der Waals surface area contributed by atoms with Crippen molar-refractivity contribution in [3.05, 3.63) is 0 Å². The summed E-state index contributed by atoms with van der Waals surface area (Å²) in [7, 11) is 0. The Morgan fingerprint density at radius 2 is 1.75 bits per heavy atom. The van der Waals surface area contributed by atoms with Crippen molar-refractivity contribution in [2.24, 2.45) is 0 Å². The predicted molar refractivity (Wildman–Crippen MR) is 60.9 cm³/mol. The minimum absolute atomic E-state index is 0.0332. The second-order valence-corrected chi connectivity index (χ2v) is 6.17. The van der Waals surface area contributed by atoms with Crippen LogP contribution in [0.5, 0.6) is 0 Å². The minimum atomic E-state index is 0.0332. The third kappa shape index (κ3) is 3.60. The van der Waals surface area contributed by atoms with E-state index in [1.165, 1.54) is 25.7 Å². The third-order valence-electron chi connectivity index (χ3n) is 2.13. The second-order valence-electron chi connectivity index (χ2n) is 4.57. The molecule has 2 atom stereocenters. The monoisotopic (exact) mass is 282 g/mol. The molecule has 0 unspecified atom stereocenters. The molecule has 0 aromatic carbocycles. The van der Waals surface area contributed by atoms with Gasteiger partial charge in [-0.15, -0.1) is 0 Å². The van der Waals surface area contributed by atoms with E-state index in [1.807, 2.05) is 0 Å². The molecule has 1 aliphatic rings. The van der Waals surface area contributed by atoms with Gasteiger partial charge in [0.05, 0.1) is 11.7 Å². The van der Waals surface area contributed by atoms with Crippen LogP contribution in [0.3, 0.4) is 0 Å². The quantitative estimate of drug-likeness (QED) is 0.528. The zero-order valence-electron chi connectivity index (χ0n) is 8.27. The molecule has 1 rings (SSSR count). The largest absolute Gasteiger partial charge is 0.372 e. The average molecular weight is 282 g/mol. The number of hydrogen-bond acceptors (Lipinski definition) is 1. The van der Waals surface area contributed by atoms with Crippen LogP contribution in [-0.4, -0.2) is 15.6 Å². The fourth-order valence-corrected chi connectivity index (χ4v) is 2.59. The first kappa shape index (κ1) is 10.8. The first-order valence-electron chi connectivity index (χ1n) is 4.81. The van der Waals surface area contributed by atoms with Gasteiger partial charge in [-0.25, -0.2) is 0 Å². The SMILES string of the molecule is CC(C)(C)O[C@H]1CCCC[C@@H]1I. The molecule has 72 valence electrons. The van der Waals surface area contributed by atoms with Crippen LogP contribution in [0.4, 0.5) is 0 Å². The van der Waals surface area contributed by atoms with Gasteiger partial charge >= 0.3 is 0 Å². The molecule has 1 nitrogen and oxygen atoms in total. The molecule has 0 spiro atoms. The van der Waals surface area contributed by atoms with E-state index in [-0.39, 0.29) is 5.60 Å². The summed E-state index contributed by atoms with van der Waals surface area (Å²) in [4.78, 5) is 0. The number of halogens is 1. The van der Waals surface area contributed by atoms with E-state index in [9.17, 15) is 0 Å². The fraction of sp³-hybridized carbons (Fsp3) is 1.00. The van der Waals surface area contributed by atoms with Crippen molar-refractivity contribution in [2.45, 2.75) is 62.1 Å². The van der Waals surface area contributed by atoms with Gasteiger partial charge in [0.2, 0.25) is 0 Å². The maximum Gasteiger partial charge on any atom is 0.0699 e. The smallest absolute Gasteiger partial charge is 0.0699 e. The highest BCUT2D eigenvalue weighted by Crippen LogP contribution is 2.29. The molecule has 0 bridgehead atoms. The molecular formula is C10H19IO. The Morgan fingerprint density at radius 1 is 1.17 bits per heavy atom. The van der Waals surface area contributed by atoms with Crippen LogP contribution in [0.25, 0.3) is 0 Å². The highest BCUT2D eigenvalue weighted by molar-refractivity contribution is 14.1. The van der Waals surface area contributed by atoms with Gasteiger partial charge < -0.3 is 4.74 Å². The molecule has 0 saturated heterocycles. The van der Waals surface area contributed by atoms with E-state index >= 15 is 0 Å². The fourth-order valence-electron chi connectivity index (χ4n) is 1.64. The molecule has 1 aliphatic carbocycles. The van der Waals surface area contributed by atoms with Gasteiger partial charge in [0.1, 0.15) is 0 Å². The van der Waals surface area contributed by atoms with E-state index in [0.29, 0.717) is 6.10 Å². The molecule has 2 heteroatoms. The lowest BCUT2D eigenvalue weighted by Crippen LogP contribution is -2.35. The predicted octanol–water partition coefficient (Wildman–Crippen LogP) is 3.55. The lowest BCUT2D eigenvalue weighted by atomic mass is 9.97. The summed E-state index contributed by atoms with van der Waals surface area (Å²) >= 11 is 2.53. The van der Waals surface area contributed by atoms with Crippen molar-refractivity contribution >= 4 is 22.6 Å². The van der Waals surface area contributed by atoms with Gasteiger partial charge in [-0.3, -0.25) is 0 Å². The average Bonchev–Trinajstić information content (AvgIpc) is 1.91. The lowest BCUT2D eigenvalue weighted by molar-refractivity contribution is -0.0680. The molecule has 0 N–H and O–H groups in total. The Kier molecular flexibility index (Phi) is 3.83. The van der Waals surface area contributed by atoms with Crippen molar-refractivity contribution in [2.75, 3.05) is 0 Å². The zero-order chi connectivity index (χ0) is 9.19. The molecule has 0 aliphatic heterocycles. The number of rotatable bonds is 1. The van der Waals surface area contributed by atoms with Crippen LogP contribution in [0.15, 0.2) is 0 Å². The molecule has 0 amide bonds. The number of alkyl halides is 1. The summed E-state index contributed by atoms with van der Waals surface area (Å²) in [6, 6.07) is 0. The molecule has 0 radical (unpaired) electrons. The van der Waals surface area contributed by atoms with Crippen molar-refractivity contribution in [1.82, 2.24) is 0 Å². The van der Waals surface area contributed by atoms with Crippen LogP contribution >= 0.6 is 22.6 Å². The number of ether oxygens (including phenoxy) is 1. The van der Waals surface area contributed by atoms with E-state index in [1.54, 1.807) is 0 Å². The van der Waals surface area contributed by atoms with Crippen molar-refractivity contribution in [3.8, 4) is 0 Å². The van der Waals surface area contributed by atoms with Crippen LogP contribution in [0.1, 0.15) is 46.5 Å². The summed E-state index contributed by atoms with van der Waals surface area (Å²) in [6.07, 6.45) is 5.82. The van der Waals surface area contributed by atoms with E-state index in [0.717, 1.165) is 3.92 Å². The molecule has 1 saturated carbocycles. The van der Waals surface area contributed by atoms with Gasteiger partial charge in [-0.05, 0) is 33.6 Å². The lowest BCUT2D eigenvalue weighted by Gasteiger charge is -2.33. The topological polar surface area (TPSA) is 9.23 Å². The van der Waals surface area contributed by atoms with Crippen LogP contribution in [-0.2, 0) is 4.74 Å². The molecule has 0 heterocycles. The van der Waals surface area contributed by atoms with Crippen molar-refractivity contribution in [3.63, 3.8) is 0 Å². The van der Waals surface area contributed by atoms with Crippen LogP contribution in [0.2, 0.25) is 0 Å². The molecule has 12 heavy (non-hydrogen) atoms. The summed E-state index contributed by atoms with van der Waals surface area (Å²) < 4.78 is 6.72. The summed E-state index contributed by atoms with van der Waals surface area (Å²) in [6.45, 7) is 6.43. The zero-order valence-corrected chi connectivity index (χ0v) is 10.4. The Balaban J connectivity index is 2.39. The maximum absolute atomic E-state index is 5.98. The van der Waals surface area contributed by atoms with E-state index in [4.69, 9.17) is 4.74 Å². The molecular weight excluding hydrogens is 263 g/mol. The highest BCUT2D eigenvalue weighted by Gasteiger charge is 2.27. The van der Waals surface area contributed by atoms with Gasteiger partial charge in [0.15, 0.2) is 0 Å². The van der Waals surface area contributed by atoms with Crippen molar-refractivity contribution < 1.29 is 4.74 Å². The normalized spacial score (nSPS) is 32.0. The summed E-state index contributed by atoms with van der Waals surface area (Å²) in [5.74, 6) is 0. The Morgan fingerprint density at radius 3 is 2.25 bits per heavy atom. The van der Waals surface area contributed by atoms with E-state index < -0.39 is 0 Å². The van der Waals surface area contributed by atoms with Crippen molar-refractivity contribution in [1.29, 1.82) is 0 Å². The first-order chi connectivity index (χ1) is 5.49. The van der Waals surface area contributed by atoms with Crippen LogP contribution in [0, 0.1) is 0 Å². The Bertz CT molecular complexity index is 139.